The monoisotopic (exact) mass is 554 g/mol. The lowest BCUT2D eigenvalue weighted by molar-refractivity contribution is -0.385. The molecule has 0 bridgehead atoms. The normalized spacial score (nSPS) is 11.4. The van der Waals surface area contributed by atoms with Gasteiger partial charge in [0, 0.05) is 38.2 Å². The van der Waals surface area contributed by atoms with Crippen molar-refractivity contribution < 1.29 is 28.3 Å². The van der Waals surface area contributed by atoms with Gasteiger partial charge < -0.3 is 19.1 Å². The largest absolute Gasteiger partial charge is 0.453 e. The van der Waals surface area contributed by atoms with Crippen LogP contribution in [0.1, 0.15) is 26.3 Å². The Balaban J connectivity index is 1.54. The standard InChI is InChI=1S/C27H27FN4O6S/c1-27(2,3)38-26(33)31(11-12-36-4)16-17-5-7-20(30-15-17)24-14-21-25(39-24)23(9-10-29-21)37-22-8-6-18(32(34)35)13-19(22)28/h5-10,13-15H,11-12,16H2,1-4H3. The summed E-state index contributed by atoms with van der Waals surface area (Å²) in [4.78, 5) is 34.2. The Morgan fingerprint density at radius 2 is 1.92 bits per heavy atom. The number of benzene rings is 1. The molecule has 1 amide bonds. The number of fused-ring (bicyclic) bond motifs is 1. The van der Waals surface area contributed by atoms with E-state index in [2.05, 4.69) is 9.97 Å². The second-order valence-electron chi connectivity index (χ2n) is 9.55. The molecule has 4 aromatic rings. The average molecular weight is 555 g/mol. The number of aromatic nitrogens is 2. The number of pyridine rings is 2. The number of hydrogen-bond acceptors (Lipinski definition) is 9. The van der Waals surface area contributed by atoms with E-state index in [9.17, 15) is 19.3 Å². The molecule has 39 heavy (non-hydrogen) atoms. The molecule has 0 saturated carbocycles. The van der Waals surface area contributed by atoms with Gasteiger partial charge in [-0.1, -0.05) is 6.07 Å². The van der Waals surface area contributed by atoms with E-state index in [1.54, 1.807) is 30.5 Å². The quantitative estimate of drug-likeness (QED) is 0.168. The van der Waals surface area contributed by atoms with Crippen LogP contribution in [0.5, 0.6) is 11.5 Å². The van der Waals surface area contributed by atoms with Crippen molar-refractivity contribution in [1.29, 1.82) is 0 Å². The fourth-order valence-corrected chi connectivity index (χ4v) is 4.62. The van der Waals surface area contributed by atoms with E-state index in [1.807, 2.05) is 39.0 Å². The molecule has 0 atom stereocenters. The average Bonchev–Trinajstić information content (AvgIpc) is 3.32. The molecule has 0 spiro atoms. The molecule has 3 aromatic heterocycles. The molecule has 12 heteroatoms. The Bertz CT molecular complexity index is 1490. The van der Waals surface area contributed by atoms with E-state index in [0.29, 0.717) is 41.4 Å². The van der Waals surface area contributed by atoms with Crippen molar-refractivity contribution in [3.8, 4) is 22.1 Å². The zero-order valence-corrected chi connectivity index (χ0v) is 22.7. The van der Waals surface area contributed by atoms with Gasteiger partial charge in [0.05, 0.1) is 44.9 Å². The van der Waals surface area contributed by atoms with Gasteiger partial charge in [0.25, 0.3) is 5.69 Å². The topological polar surface area (TPSA) is 117 Å². The lowest BCUT2D eigenvalue weighted by Gasteiger charge is -2.27. The molecule has 0 N–H and O–H groups in total. The molecule has 0 unspecified atom stereocenters. The second kappa shape index (κ2) is 11.7. The first-order valence-electron chi connectivity index (χ1n) is 12.0. The number of carbonyl (C=O) groups is 1. The van der Waals surface area contributed by atoms with Crippen LogP contribution in [0.2, 0.25) is 0 Å². The summed E-state index contributed by atoms with van der Waals surface area (Å²) < 4.78 is 31.5. The Kier molecular flexibility index (Phi) is 8.36. The van der Waals surface area contributed by atoms with Crippen LogP contribution in [-0.4, -0.2) is 51.7 Å². The summed E-state index contributed by atoms with van der Waals surface area (Å²) >= 11 is 1.37. The van der Waals surface area contributed by atoms with Gasteiger partial charge in [-0.25, -0.2) is 9.18 Å². The van der Waals surface area contributed by atoms with Crippen molar-refractivity contribution in [2.45, 2.75) is 32.9 Å². The number of rotatable bonds is 9. The summed E-state index contributed by atoms with van der Waals surface area (Å²) in [6, 6.07) is 10.4. The minimum absolute atomic E-state index is 0.131. The highest BCUT2D eigenvalue weighted by Gasteiger charge is 2.22. The number of halogens is 1. The first-order valence-corrected chi connectivity index (χ1v) is 12.8. The number of nitrogens with zero attached hydrogens (tertiary/aromatic N) is 4. The van der Waals surface area contributed by atoms with Crippen molar-refractivity contribution in [2.24, 2.45) is 0 Å². The summed E-state index contributed by atoms with van der Waals surface area (Å²) in [6.07, 6.45) is 2.80. The molecule has 4 rings (SSSR count). The zero-order chi connectivity index (χ0) is 28.2. The lowest BCUT2D eigenvalue weighted by Crippen LogP contribution is -2.38. The first kappa shape index (κ1) is 27.9. The third-order valence-corrected chi connectivity index (χ3v) is 6.55. The van der Waals surface area contributed by atoms with Crippen LogP contribution in [-0.2, 0) is 16.0 Å². The van der Waals surface area contributed by atoms with Crippen LogP contribution in [0.25, 0.3) is 20.8 Å². The molecule has 10 nitrogen and oxygen atoms in total. The van der Waals surface area contributed by atoms with Crippen molar-refractivity contribution in [3.63, 3.8) is 0 Å². The number of methoxy groups -OCH3 is 1. The molecule has 204 valence electrons. The number of nitro groups is 1. The molecule has 0 radical (unpaired) electrons. The number of non-ortho nitro benzene ring substituents is 1. The van der Waals surface area contributed by atoms with Gasteiger partial charge in [0.2, 0.25) is 0 Å². The van der Waals surface area contributed by atoms with Gasteiger partial charge in [-0.15, -0.1) is 11.3 Å². The lowest BCUT2D eigenvalue weighted by atomic mass is 10.2. The number of ether oxygens (including phenoxy) is 3. The summed E-state index contributed by atoms with van der Waals surface area (Å²) in [7, 11) is 1.57. The van der Waals surface area contributed by atoms with Crippen molar-refractivity contribution in [3.05, 3.63) is 76.4 Å². The van der Waals surface area contributed by atoms with Crippen molar-refractivity contribution in [2.75, 3.05) is 20.3 Å². The van der Waals surface area contributed by atoms with E-state index >= 15 is 0 Å². The minimum Gasteiger partial charge on any atom is -0.453 e. The molecule has 0 aliphatic rings. The first-order chi connectivity index (χ1) is 18.5. The molecule has 0 saturated heterocycles. The number of nitro benzene ring substituents is 1. The molecule has 0 fully saturated rings. The van der Waals surface area contributed by atoms with Crippen LogP contribution < -0.4 is 4.74 Å². The predicted octanol–water partition coefficient (Wildman–Crippen LogP) is 6.58. The van der Waals surface area contributed by atoms with Crippen molar-refractivity contribution in [1.82, 2.24) is 14.9 Å². The molecule has 1 aromatic carbocycles. The van der Waals surface area contributed by atoms with Gasteiger partial charge >= 0.3 is 6.09 Å². The smallest absolute Gasteiger partial charge is 0.410 e. The number of thiophene rings is 1. The van der Waals surface area contributed by atoms with E-state index in [4.69, 9.17) is 14.2 Å². The van der Waals surface area contributed by atoms with E-state index in [1.165, 1.54) is 23.5 Å². The van der Waals surface area contributed by atoms with Crippen LogP contribution in [0.15, 0.2) is 54.9 Å². The maximum absolute atomic E-state index is 14.4. The maximum Gasteiger partial charge on any atom is 0.410 e. The van der Waals surface area contributed by atoms with E-state index < -0.39 is 22.4 Å². The number of carbonyl (C=O) groups excluding carboxylic acids is 1. The van der Waals surface area contributed by atoms with Gasteiger partial charge in [-0.05, 0) is 44.5 Å². The SMILES string of the molecule is COCCN(Cc1ccc(-c2cc3nccc(Oc4ccc([N+](=O)[O-])cc4F)c3s2)nc1)C(=O)OC(C)(C)C. The van der Waals surface area contributed by atoms with E-state index in [-0.39, 0.29) is 11.4 Å². The Labute approximate surface area is 228 Å². The Morgan fingerprint density at radius 1 is 1.13 bits per heavy atom. The number of hydrogen-bond donors (Lipinski definition) is 0. The van der Waals surface area contributed by atoms with Crippen LogP contribution in [0.3, 0.4) is 0 Å². The number of amides is 1. The second-order valence-corrected chi connectivity index (χ2v) is 10.6. The van der Waals surface area contributed by atoms with Gasteiger partial charge in [-0.2, -0.15) is 0 Å². The summed E-state index contributed by atoms with van der Waals surface area (Å²) in [5.74, 6) is -0.602. The molecule has 3 heterocycles. The van der Waals surface area contributed by atoms with Gasteiger partial charge in [0.15, 0.2) is 11.6 Å². The summed E-state index contributed by atoms with van der Waals surface area (Å²) in [5.41, 5.74) is 1.16. The Hall–Kier alpha value is -4.16. The zero-order valence-electron chi connectivity index (χ0n) is 21.8. The fraction of sp³-hybridized carbons (Fsp3) is 0.296. The predicted molar refractivity (Wildman–Crippen MR) is 144 cm³/mol. The van der Waals surface area contributed by atoms with Gasteiger partial charge in [0.1, 0.15) is 11.4 Å². The van der Waals surface area contributed by atoms with E-state index in [0.717, 1.165) is 16.5 Å². The highest BCUT2D eigenvalue weighted by Crippen LogP contribution is 2.39. The molecule has 0 aliphatic heterocycles. The summed E-state index contributed by atoms with van der Waals surface area (Å²) in [6.45, 7) is 6.48. The van der Waals surface area contributed by atoms with Gasteiger partial charge in [-0.3, -0.25) is 20.1 Å². The third kappa shape index (κ3) is 7.03. The highest BCUT2D eigenvalue weighted by atomic mass is 32.1. The molecular weight excluding hydrogens is 527 g/mol. The van der Waals surface area contributed by atoms with Crippen LogP contribution in [0, 0.1) is 15.9 Å². The molecular formula is C27H27FN4O6S. The fourth-order valence-electron chi connectivity index (χ4n) is 3.57. The molecule has 0 aliphatic carbocycles. The van der Waals surface area contributed by atoms with Crippen LogP contribution in [0.4, 0.5) is 14.9 Å². The highest BCUT2D eigenvalue weighted by molar-refractivity contribution is 7.22. The minimum atomic E-state index is -0.839. The Morgan fingerprint density at radius 3 is 2.56 bits per heavy atom. The van der Waals surface area contributed by atoms with Crippen molar-refractivity contribution >= 4 is 33.3 Å². The maximum atomic E-state index is 14.4. The van der Waals surface area contributed by atoms with Crippen LogP contribution >= 0.6 is 11.3 Å². The third-order valence-electron chi connectivity index (χ3n) is 5.39. The summed E-state index contributed by atoms with van der Waals surface area (Å²) in [5, 5.41) is 10.9.